The van der Waals surface area contributed by atoms with Crippen LogP contribution in [0.1, 0.15) is 62.1 Å². The van der Waals surface area contributed by atoms with Crippen molar-refractivity contribution in [3.63, 3.8) is 0 Å². The van der Waals surface area contributed by atoms with Gasteiger partial charge < -0.3 is 0 Å². The van der Waals surface area contributed by atoms with Gasteiger partial charge in [0, 0.05) is 5.92 Å². The molecule has 0 bridgehead atoms. The van der Waals surface area contributed by atoms with Crippen LogP contribution in [0.25, 0.3) is 6.08 Å². The van der Waals surface area contributed by atoms with Gasteiger partial charge in [-0.15, -0.1) is 0 Å². The fraction of sp³-hybridized carbons (Fsp3) is 0.467. The Labute approximate surface area is 93.0 Å². The molecule has 0 radical (unpaired) electrons. The molecule has 2 rings (SSSR count). The molecule has 0 heteroatoms. The minimum Gasteiger partial charge on any atom is -0.0764 e. The Kier molecular flexibility index (Phi) is 2.95. The highest BCUT2D eigenvalue weighted by Crippen LogP contribution is 2.34. The van der Waals surface area contributed by atoms with Crippen LogP contribution in [-0.2, 0) is 0 Å². The van der Waals surface area contributed by atoms with E-state index in [2.05, 4.69) is 51.1 Å². The number of hydrogen-bond donors (Lipinski definition) is 0. The third kappa shape index (κ3) is 1.86. The van der Waals surface area contributed by atoms with Gasteiger partial charge in [-0.2, -0.15) is 0 Å². The maximum Gasteiger partial charge on any atom is 0.00247 e. The minimum absolute atomic E-state index is 0.656. The Morgan fingerprint density at radius 3 is 2.73 bits per heavy atom. The molecule has 0 saturated carbocycles. The van der Waals surface area contributed by atoms with Crippen molar-refractivity contribution in [2.75, 3.05) is 0 Å². The molecule has 1 aromatic carbocycles. The second-order valence-electron chi connectivity index (χ2n) is 4.57. The van der Waals surface area contributed by atoms with Crippen molar-refractivity contribution in [1.29, 1.82) is 0 Å². The van der Waals surface area contributed by atoms with Gasteiger partial charge in [-0.3, -0.25) is 0 Å². The molecule has 0 aromatic heterocycles. The predicted molar refractivity (Wildman–Crippen MR) is 67.2 cm³/mol. The van der Waals surface area contributed by atoms with E-state index in [1.54, 1.807) is 0 Å². The van der Waals surface area contributed by atoms with E-state index in [-0.39, 0.29) is 0 Å². The zero-order valence-electron chi connectivity index (χ0n) is 9.96. The van der Waals surface area contributed by atoms with Gasteiger partial charge in [-0.1, -0.05) is 51.1 Å². The molecule has 1 aliphatic rings. The van der Waals surface area contributed by atoms with Crippen LogP contribution >= 0.6 is 0 Å². The highest BCUT2D eigenvalue weighted by Gasteiger charge is 2.16. The first-order chi connectivity index (χ1) is 7.26. The molecule has 0 N–H and O–H groups in total. The molecule has 0 amide bonds. The zero-order valence-corrected chi connectivity index (χ0v) is 9.96. The molecular formula is C15H20. The quantitative estimate of drug-likeness (QED) is 0.662. The second kappa shape index (κ2) is 4.22. The van der Waals surface area contributed by atoms with E-state index in [0.29, 0.717) is 11.8 Å². The van der Waals surface area contributed by atoms with Crippen LogP contribution in [0.2, 0.25) is 0 Å². The van der Waals surface area contributed by atoms with Gasteiger partial charge in [0.1, 0.15) is 0 Å². The zero-order chi connectivity index (χ0) is 10.8. The normalized spacial score (nSPS) is 20.3. The molecule has 0 nitrogen and oxygen atoms in total. The van der Waals surface area contributed by atoms with Crippen molar-refractivity contribution in [3.8, 4) is 0 Å². The van der Waals surface area contributed by atoms with E-state index < -0.39 is 0 Å². The largest absolute Gasteiger partial charge is 0.0764 e. The maximum atomic E-state index is 2.41. The molecule has 2 unspecified atom stereocenters. The van der Waals surface area contributed by atoms with Crippen LogP contribution in [0, 0.1) is 0 Å². The van der Waals surface area contributed by atoms with Crippen molar-refractivity contribution in [2.45, 2.75) is 45.4 Å². The molecule has 1 aliphatic carbocycles. The molecule has 0 heterocycles. The summed E-state index contributed by atoms with van der Waals surface area (Å²) >= 11 is 0. The monoisotopic (exact) mass is 200 g/mol. The summed E-state index contributed by atoms with van der Waals surface area (Å²) in [7, 11) is 0. The first-order valence-electron chi connectivity index (χ1n) is 6.08. The summed E-state index contributed by atoms with van der Waals surface area (Å²) in [5, 5.41) is 0. The van der Waals surface area contributed by atoms with Gasteiger partial charge in [-0.05, 0) is 35.4 Å². The molecule has 1 aromatic rings. The molecule has 0 fully saturated rings. The lowest BCUT2D eigenvalue weighted by Crippen LogP contribution is -1.96. The number of allylic oxidation sites excluding steroid dienone is 1. The SMILES string of the molecule is CCC(C)c1ccc2c(c1)C(CC)C=C2. The number of hydrogen-bond acceptors (Lipinski definition) is 0. The molecule has 0 spiro atoms. The van der Waals surface area contributed by atoms with E-state index in [0.717, 1.165) is 0 Å². The van der Waals surface area contributed by atoms with Gasteiger partial charge >= 0.3 is 0 Å². The highest BCUT2D eigenvalue weighted by atomic mass is 14.2. The fourth-order valence-corrected chi connectivity index (χ4v) is 2.29. The van der Waals surface area contributed by atoms with E-state index in [1.807, 2.05) is 0 Å². The van der Waals surface area contributed by atoms with E-state index >= 15 is 0 Å². The van der Waals surface area contributed by atoms with Crippen molar-refractivity contribution in [3.05, 3.63) is 41.0 Å². The van der Waals surface area contributed by atoms with Gasteiger partial charge in [0.25, 0.3) is 0 Å². The third-order valence-corrected chi connectivity index (χ3v) is 3.64. The number of benzene rings is 1. The van der Waals surface area contributed by atoms with Gasteiger partial charge in [0.2, 0.25) is 0 Å². The van der Waals surface area contributed by atoms with Gasteiger partial charge in [-0.25, -0.2) is 0 Å². The van der Waals surface area contributed by atoms with Crippen LogP contribution in [0.4, 0.5) is 0 Å². The maximum absolute atomic E-state index is 2.41. The van der Waals surface area contributed by atoms with Gasteiger partial charge in [0.15, 0.2) is 0 Å². The van der Waals surface area contributed by atoms with Crippen LogP contribution in [0.3, 0.4) is 0 Å². The van der Waals surface area contributed by atoms with E-state index in [9.17, 15) is 0 Å². The van der Waals surface area contributed by atoms with Gasteiger partial charge in [0.05, 0.1) is 0 Å². The summed E-state index contributed by atoms with van der Waals surface area (Å²) in [5.41, 5.74) is 4.46. The molecule has 0 aliphatic heterocycles. The Balaban J connectivity index is 2.35. The highest BCUT2D eigenvalue weighted by molar-refractivity contribution is 5.63. The molecular weight excluding hydrogens is 180 g/mol. The molecule has 2 atom stereocenters. The number of rotatable bonds is 3. The lowest BCUT2D eigenvalue weighted by molar-refractivity contribution is 0.728. The smallest absolute Gasteiger partial charge is 0.00247 e. The van der Waals surface area contributed by atoms with Crippen molar-refractivity contribution >= 4 is 6.08 Å². The van der Waals surface area contributed by atoms with Crippen LogP contribution in [0.5, 0.6) is 0 Å². The minimum atomic E-state index is 0.656. The third-order valence-electron chi connectivity index (χ3n) is 3.64. The Hall–Kier alpha value is -1.04. The molecule has 80 valence electrons. The second-order valence-corrected chi connectivity index (χ2v) is 4.57. The van der Waals surface area contributed by atoms with Crippen molar-refractivity contribution < 1.29 is 0 Å². The lowest BCUT2D eigenvalue weighted by atomic mass is 9.91. The van der Waals surface area contributed by atoms with Crippen LogP contribution in [0.15, 0.2) is 24.3 Å². The van der Waals surface area contributed by atoms with E-state index in [1.165, 1.54) is 29.5 Å². The summed E-state index contributed by atoms with van der Waals surface area (Å²) < 4.78 is 0. The average Bonchev–Trinajstić information content (AvgIpc) is 2.69. The fourth-order valence-electron chi connectivity index (χ4n) is 2.29. The predicted octanol–water partition coefficient (Wildman–Crippen LogP) is 4.72. The van der Waals surface area contributed by atoms with Crippen molar-refractivity contribution in [2.24, 2.45) is 0 Å². The number of fused-ring (bicyclic) bond motifs is 1. The first-order valence-corrected chi connectivity index (χ1v) is 6.08. The summed E-state index contributed by atoms with van der Waals surface area (Å²) in [6.45, 7) is 6.83. The summed E-state index contributed by atoms with van der Waals surface area (Å²) in [5.74, 6) is 1.34. The molecule has 0 saturated heterocycles. The van der Waals surface area contributed by atoms with Crippen LogP contribution < -0.4 is 0 Å². The summed E-state index contributed by atoms with van der Waals surface area (Å²) in [4.78, 5) is 0. The topological polar surface area (TPSA) is 0 Å². The van der Waals surface area contributed by atoms with Crippen LogP contribution in [-0.4, -0.2) is 0 Å². The Morgan fingerprint density at radius 2 is 2.07 bits per heavy atom. The lowest BCUT2D eigenvalue weighted by Gasteiger charge is -2.14. The van der Waals surface area contributed by atoms with E-state index in [4.69, 9.17) is 0 Å². The first kappa shape index (κ1) is 10.5. The van der Waals surface area contributed by atoms with Crippen molar-refractivity contribution in [1.82, 2.24) is 0 Å². The Morgan fingerprint density at radius 1 is 1.27 bits per heavy atom. The summed E-state index contributed by atoms with van der Waals surface area (Å²) in [6, 6.07) is 6.98. The summed E-state index contributed by atoms with van der Waals surface area (Å²) in [6.07, 6.45) is 7.05. The standard InChI is InChI=1S/C15H20/c1-4-11(3)14-9-8-13-7-6-12(5-2)15(13)10-14/h6-12H,4-5H2,1-3H3. The Bertz CT molecular complexity index is 374. The molecule has 15 heavy (non-hydrogen) atoms. The average molecular weight is 200 g/mol.